The molecule has 5 unspecified atom stereocenters. The minimum atomic E-state index is -1.59. The Morgan fingerprint density at radius 3 is 1.84 bits per heavy atom. The van der Waals surface area contributed by atoms with Crippen LogP contribution in [0.3, 0.4) is 0 Å². The van der Waals surface area contributed by atoms with Crippen LogP contribution in [-0.2, 0) is 14.2 Å². The number of hydrogen-bond acceptors (Lipinski definition) is 9. The molecule has 3 aromatic carbocycles. The highest BCUT2D eigenvalue weighted by molar-refractivity contribution is 5.90. The van der Waals surface area contributed by atoms with Crippen molar-refractivity contribution in [3.63, 3.8) is 0 Å². The minimum absolute atomic E-state index is 0.259. The first-order valence-corrected chi connectivity index (χ1v) is 12.1. The Bertz CT molecular complexity index is 1220. The molecular formula is C29H30O9. The number of rotatable bonds is 8. The fourth-order valence-corrected chi connectivity index (χ4v) is 3.86. The molecule has 9 nitrogen and oxygen atoms in total. The van der Waals surface area contributed by atoms with Crippen molar-refractivity contribution in [2.45, 2.75) is 44.6 Å². The number of benzene rings is 3. The minimum Gasteiger partial charge on any atom is -0.497 e. The molecule has 5 atom stereocenters. The maximum absolute atomic E-state index is 12.8. The normalized spacial score (nSPS) is 22.8. The molecule has 38 heavy (non-hydrogen) atoms. The van der Waals surface area contributed by atoms with Gasteiger partial charge in [0, 0.05) is 0 Å². The van der Waals surface area contributed by atoms with E-state index in [0.717, 1.165) is 11.1 Å². The van der Waals surface area contributed by atoms with Gasteiger partial charge in [-0.25, -0.2) is 9.59 Å². The lowest BCUT2D eigenvalue weighted by atomic mass is 9.99. The van der Waals surface area contributed by atoms with Crippen molar-refractivity contribution in [3.8, 4) is 11.5 Å². The van der Waals surface area contributed by atoms with Crippen LogP contribution in [0.2, 0.25) is 0 Å². The van der Waals surface area contributed by atoms with Crippen molar-refractivity contribution >= 4 is 11.9 Å². The van der Waals surface area contributed by atoms with E-state index in [-0.39, 0.29) is 12.2 Å². The van der Waals surface area contributed by atoms with Gasteiger partial charge in [0.15, 0.2) is 6.10 Å². The Morgan fingerprint density at radius 1 is 0.763 bits per heavy atom. The molecule has 0 aliphatic carbocycles. The van der Waals surface area contributed by atoms with Crippen LogP contribution in [-0.4, -0.2) is 66.6 Å². The lowest BCUT2D eigenvalue weighted by Crippen LogP contribution is -2.61. The average molecular weight is 523 g/mol. The Balaban J connectivity index is 1.51. The molecule has 0 radical (unpaired) electrons. The van der Waals surface area contributed by atoms with Crippen LogP contribution in [0.25, 0.3) is 0 Å². The molecule has 1 aliphatic rings. The van der Waals surface area contributed by atoms with E-state index in [4.69, 9.17) is 23.7 Å². The summed E-state index contributed by atoms with van der Waals surface area (Å²) in [6.45, 7) is 3.41. The van der Waals surface area contributed by atoms with E-state index < -0.39 is 42.6 Å². The van der Waals surface area contributed by atoms with Gasteiger partial charge in [0.05, 0.1) is 18.2 Å². The van der Waals surface area contributed by atoms with Crippen molar-refractivity contribution in [3.05, 3.63) is 95.1 Å². The van der Waals surface area contributed by atoms with E-state index in [0.29, 0.717) is 17.1 Å². The predicted octanol–water partition coefficient (Wildman–Crippen LogP) is 3.22. The van der Waals surface area contributed by atoms with Crippen LogP contribution in [0, 0.1) is 13.8 Å². The van der Waals surface area contributed by atoms with Gasteiger partial charge in [-0.3, -0.25) is 0 Å². The number of methoxy groups -OCH3 is 1. The van der Waals surface area contributed by atoms with Gasteiger partial charge in [0.25, 0.3) is 0 Å². The maximum atomic E-state index is 12.8. The number of hydrogen-bond donors (Lipinski definition) is 2. The van der Waals surface area contributed by atoms with Crippen molar-refractivity contribution in [2.24, 2.45) is 0 Å². The van der Waals surface area contributed by atoms with Gasteiger partial charge in [0.1, 0.15) is 36.4 Å². The number of esters is 2. The fourth-order valence-electron chi connectivity index (χ4n) is 3.86. The van der Waals surface area contributed by atoms with Crippen LogP contribution < -0.4 is 9.47 Å². The zero-order valence-corrected chi connectivity index (χ0v) is 21.3. The number of carbonyl (C=O) groups excluding carboxylic acids is 2. The van der Waals surface area contributed by atoms with Crippen LogP contribution in [0.5, 0.6) is 11.5 Å². The van der Waals surface area contributed by atoms with Crippen molar-refractivity contribution in [1.82, 2.24) is 0 Å². The second kappa shape index (κ2) is 12.1. The van der Waals surface area contributed by atoms with Gasteiger partial charge in [-0.1, -0.05) is 35.4 Å². The highest BCUT2D eigenvalue weighted by Gasteiger charge is 2.48. The molecule has 0 spiro atoms. The second-order valence-electron chi connectivity index (χ2n) is 9.02. The van der Waals surface area contributed by atoms with Gasteiger partial charge in [-0.2, -0.15) is 0 Å². The Hall–Kier alpha value is -3.92. The molecule has 2 N–H and O–H groups in total. The Labute approximate surface area is 220 Å². The molecule has 3 aromatic rings. The zero-order valence-electron chi connectivity index (χ0n) is 21.3. The number of aliphatic hydroxyl groups excluding tert-OH is 2. The standard InChI is InChI=1S/C29H30O9/c1-17-4-8-19(9-5-17)27(32)35-16-23-24(30)25(31)26(38-28(33)20-10-6-18(2)7-11-20)29(37-23)36-22-14-12-21(34-3)13-15-22/h4-15,23-26,29-31H,16H2,1-3H3. The largest absolute Gasteiger partial charge is 0.497 e. The third-order valence-corrected chi connectivity index (χ3v) is 6.15. The van der Waals surface area contributed by atoms with Gasteiger partial charge >= 0.3 is 11.9 Å². The summed E-state index contributed by atoms with van der Waals surface area (Å²) in [5, 5.41) is 21.7. The molecule has 0 saturated carbocycles. The molecule has 9 heteroatoms. The van der Waals surface area contributed by atoms with Crippen LogP contribution in [0.1, 0.15) is 31.8 Å². The average Bonchev–Trinajstić information content (AvgIpc) is 2.93. The SMILES string of the molecule is COc1ccc(OC2OC(COC(=O)c3ccc(C)cc3)C(O)C(O)C2OC(=O)c2ccc(C)cc2)cc1. The summed E-state index contributed by atoms with van der Waals surface area (Å²) in [5.74, 6) is -0.403. The summed E-state index contributed by atoms with van der Waals surface area (Å²) in [5.41, 5.74) is 2.54. The monoisotopic (exact) mass is 522 g/mol. The third kappa shape index (κ3) is 6.49. The van der Waals surface area contributed by atoms with E-state index in [1.54, 1.807) is 72.8 Å². The second-order valence-corrected chi connectivity index (χ2v) is 9.02. The first-order chi connectivity index (χ1) is 18.2. The first-order valence-electron chi connectivity index (χ1n) is 12.1. The first kappa shape index (κ1) is 27.1. The number of aliphatic hydroxyl groups is 2. The van der Waals surface area contributed by atoms with Gasteiger partial charge in [-0.15, -0.1) is 0 Å². The summed E-state index contributed by atoms with van der Waals surface area (Å²) in [6, 6.07) is 20.1. The fraction of sp³-hybridized carbons (Fsp3) is 0.310. The van der Waals surface area contributed by atoms with Crippen molar-refractivity contribution in [1.29, 1.82) is 0 Å². The molecule has 1 saturated heterocycles. The summed E-state index contributed by atoms with van der Waals surface area (Å²) in [4.78, 5) is 25.3. The smallest absolute Gasteiger partial charge is 0.338 e. The topological polar surface area (TPSA) is 121 Å². The van der Waals surface area contributed by atoms with Crippen LogP contribution in [0.15, 0.2) is 72.8 Å². The summed E-state index contributed by atoms with van der Waals surface area (Å²) in [7, 11) is 1.53. The van der Waals surface area contributed by atoms with E-state index >= 15 is 0 Å². The number of aryl methyl sites for hydroxylation is 2. The van der Waals surface area contributed by atoms with E-state index in [1.165, 1.54) is 7.11 Å². The van der Waals surface area contributed by atoms with E-state index in [9.17, 15) is 19.8 Å². The highest BCUT2D eigenvalue weighted by atomic mass is 16.7. The maximum Gasteiger partial charge on any atom is 0.338 e. The van der Waals surface area contributed by atoms with Crippen LogP contribution >= 0.6 is 0 Å². The third-order valence-electron chi connectivity index (χ3n) is 6.15. The predicted molar refractivity (Wildman–Crippen MR) is 136 cm³/mol. The van der Waals surface area contributed by atoms with E-state index in [2.05, 4.69) is 0 Å². The molecule has 200 valence electrons. The number of ether oxygens (including phenoxy) is 5. The molecular weight excluding hydrogens is 492 g/mol. The zero-order chi connectivity index (χ0) is 27.2. The van der Waals surface area contributed by atoms with Crippen LogP contribution in [0.4, 0.5) is 0 Å². The Morgan fingerprint density at radius 2 is 1.29 bits per heavy atom. The van der Waals surface area contributed by atoms with Gasteiger partial charge in [0.2, 0.25) is 6.29 Å². The summed E-state index contributed by atoms with van der Waals surface area (Å²) < 4.78 is 27.8. The molecule has 1 heterocycles. The molecule has 4 rings (SSSR count). The molecule has 0 amide bonds. The Kier molecular flexibility index (Phi) is 8.62. The lowest BCUT2D eigenvalue weighted by molar-refractivity contribution is -0.276. The lowest BCUT2D eigenvalue weighted by Gasteiger charge is -2.41. The highest BCUT2D eigenvalue weighted by Crippen LogP contribution is 2.28. The van der Waals surface area contributed by atoms with E-state index in [1.807, 2.05) is 13.8 Å². The molecule has 1 aliphatic heterocycles. The van der Waals surface area contributed by atoms with Crippen molar-refractivity contribution in [2.75, 3.05) is 13.7 Å². The molecule has 0 bridgehead atoms. The quantitative estimate of drug-likeness (QED) is 0.430. The summed E-state index contributed by atoms with van der Waals surface area (Å²) in [6.07, 6.45) is -6.99. The molecule has 0 aromatic heterocycles. The molecule has 1 fully saturated rings. The van der Waals surface area contributed by atoms with Gasteiger partial charge < -0.3 is 33.9 Å². The summed E-state index contributed by atoms with van der Waals surface area (Å²) >= 11 is 0. The van der Waals surface area contributed by atoms with Crippen molar-refractivity contribution < 1.29 is 43.5 Å². The number of carbonyl (C=O) groups is 2. The van der Waals surface area contributed by atoms with Gasteiger partial charge in [-0.05, 0) is 62.4 Å².